The molecule has 0 unspecified atom stereocenters. The molecule has 0 aliphatic heterocycles. The van der Waals surface area contributed by atoms with E-state index in [9.17, 15) is 9.90 Å². The summed E-state index contributed by atoms with van der Waals surface area (Å²) >= 11 is 3.28. The van der Waals surface area contributed by atoms with Crippen LogP contribution in [0.15, 0.2) is 87.8 Å². The van der Waals surface area contributed by atoms with Gasteiger partial charge in [0.1, 0.15) is 0 Å². The summed E-state index contributed by atoms with van der Waals surface area (Å²) in [5.74, 6) is -0.568. The van der Waals surface area contributed by atoms with E-state index in [-0.39, 0.29) is 11.6 Å². The van der Waals surface area contributed by atoms with Crippen LogP contribution in [0.5, 0.6) is 5.88 Å². The highest BCUT2D eigenvalue weighted by molar-refractivity contribution is 9.10. The number of amides is 1. The standard InChI is InChI=1S/C21H15BrN4O2/c22-16-10-15(11-23-12-16)20(27)25-24-19-17-8-4-5-9-18(17)26(21(19)28)13-14-6-2-1-3-7-14/h1-12,28H,13H2. The van der Waals surface area contributed by atoms with E-state index in [0.29, 0.717) is 16.6 Å². The number of azo groups is 1. The number of rotatable bonds is 4. The minimum atomic E-state index is -0.534. The smallest absolute Gasteiger partial charge is 0.297 e. The molecule has 0 saturated heterocycles. The van der Waals surface area contributed by atoms with Crippen LogP contribution in [0.25, 0.3) is 10.9 Å². The number of benzene rings is 2. The maximum absolute atomic E-state index is 12.3. The molecule has 0 aliphatic carbocycles. The third-order valence-corrected chi connectivity index (χ3v) is 4.73. The molecule has 0 radical (unpaired) electrons. The van der Waals surface area contributed by atoms with E-state index in [4.69, 9.17) is 0 Å². The normalized spacial score (nSPS) is 11.3. The molecule has 4 rings (SSSR count). The van der Waals surface area contributed by atoms with Crippen molar-refractivity contribution in [2.45, 2.75) is 6.54 Å². The van der Waals surface area contributed by atoms with Gasteiger partial charge in [-0.15, -0.1) is 10.2 Å². The molecule has 0 atom stereocenters. The Morgan fingerprint density at radius 3 is 2.61 bits per heavy atom. The van der Waals surface area contributed by atoms with Gasteiger partial charge in [-0.2, -0.15) is 0 Å². The Morgan fingerprint density at radius 1 is 1.07 bits per heavy atom. The molecule has 1 N–H and O–H groups in total. The van der Waals surface area contributed by atoms with Gasteiger partial charge in [0.25, 0.3) is 5.91 Å². The van der Waals surface area contributed by atoms with Gasteiger partial charge in [0.2, 0.25) is 5.88 Å². The van der Waals surface area contributed by atoms with Crippen LogP contribution < -0.4 is 0 Å². The van der Waals surface area contributed by atoms with Gasteiger partial charge in [-0.3, -0.25) is 9.78 Å². The maximum Gasteiger partial charge on any atom is 0.297 e. The van der Waals surface area contributed by atoms with Crippen LogP contribution in [0.3, 0.4) is 0 Å². The summed E-state index contributed by atoms with van der Waals surface area (Å²) in [4.78, 5) is 16.3. The van der Waals surface area contributed by atoms with Crippen molar-refractivity contribution in [3.8, 4) is 5.88 Å². The Balaban J connectivity index is 1.73. The average molecular weight is 435 g/mol. The fourth-order valence-electron chi connectivity index (χ4n) is 2.98. The molecule has 2 heterocycles. The average Bonchev–Trinajstić information content (AvgIpc) is 2.98. The molecular weight excluding hydrogens is 420 g/mol. The summed E-state index contributed by atoms with van der Waals surface area (Å²) in [7, 11) is 0. The molecule has 1 amide bonds. The minimum Gasteiger partial charge on any atom is -0.493 e. The molecule has 2 aromatic heterocycles. The van der Waals surface area contributed by atoms with E-state index in [1.807, 2.05) is 54.6 Å². The second-order valence-electron chi connectivity index (χ2n) is 6.16. The Bertz CT molecular complexity index is 1190. The number of aromatic hydroxyl groups is 1. The van der Waals surface area contributed by atoms with Crippen molar-refractivity contribution in [2.75, 3.05) is 0 Å². The molecule has 0 spiro atoms. The highest BCUT2D eigenvalue weighted by atomic mass is 79.9. The van der Waals surface area contributed by atoms with Gasteiger partial charge >= 0.3 is 0 Å². The van der Waals surface area contributed by atoms with Gasteiger partial charge in [-0.1, -0.05) is 48.5 Å². The highest BCUT2D eigenvalue weighted by Gasteiger charge is 2.17. The first-order valence-corrected chi connectivity index (χ1v) is 9.33. The van der Waals surface area contributed by atoms with Crippen LogP contribution in [0.2, 0.25) is 0 Å². The van der Waals surface area contributed by atoms with E-state index in [0.717, 1.165) is 16.5 Å². The number of pyridine rings is 1. The number of carbonyl (C=O) groups excluding carboxylic acids is 1. The third-order valence-electron chi connectivity index (χ3n) is 4.29. The quantitative estimate of drug-likeness (QED) is 0.432. The summed E-state index contributed by atoms with van der Waals surface area (Å²) in [6.45, 7) is 0.478. The summed E-state index contributed by atoms with van der Waals surface area (Å²) in [5, 5.41) is 19.4. The molecule has 28 heavy (non-hydrogen) atoms. The Hall–Kier alpha value is -3.32. The molecule has 0 bridgehead atoms. The molecular formula is C21H15BrN4O2. The second kappa shape index (κ2) is 7.74. The molecule has 0 aliphatic rings. The first-order valence-electron chi connectivity index (χ1n) is 8.54. The summed E-state index contributed by atoms with van der Waals surface area (Å²) in [6.07, 6.45) is 3.00. The lowest BCUT2D eigenvalue weighted by Gasteiger charge is -2.06. The van der Waals surface area contributed by atoms with E-state index in [1.54, 1.807) is 16.8 Å². The van der Waals surface area contributed by atoms with Crippen LogP contribution >= 0.6 is 15.9 Å². The van der Waals surface area contributed by atoms with E-state index < -0.39 is 5.91 Å². The van der Waals surface area contributed by atoms with Crippen LogP contribution in [0, 0.1) is 0 Å². The van der Waals surface area contributed by atoms with Crippen molar-refractivity contribution < 1.29 is 9.90 Å². The summed E-state index contributed by atoms with van der Waals surface area (Å²) < 4.78 is 2.43. The SMILES string of the molecule is O=C(N=Nc1c(O)n(Cc2ccccc2)c2ccccc12)c1cncc(Br)c1. The van der Waals surface area contributed by atoms with Crippen molar-refractivity contribution in [3.05, 3.63) is 88.7 Å². The van der Waals surface area contributed by atoms with Gasteiger partial charge in [-0.25, -0.2) is 0 Å². The van der Waals surface area contributed by atoms with E-state index in [2.05, 4.69) is 31.1 Å². The Kier molecular flexibility index (Phi) is 4.99. The summed E-state index contributed by atoms with van der Waals surface area (Å²) in [6, 6.07) is 18.9. The lowest BCUT2D eigenvalue weighted by atomic mass is 10.2. The Labute approximate surface area is 169 Å². The third kappa shape index (κ3) is 3.57. The van der Waals surface area contributed by atoms with Gasteiger partial charge in [0.15, 0.2) is 5.69 Å². The van der Waals surface area contributed by atoms with Gasteiger partial charge < -0.3 is 9.67 Å². The predicted molar refractivity (Wildman–Crippen MR) is 110 cm³/mol. The number of carbonyl (C=O) groups is 1. The largest absolute Gasteiger partial charge is 0.493 e. The second-order valence-corrected chi connectivity index (χ2v) is 7.07. The predicted octanol–water partition coefficient (Wildman–Crippen LogP) is 5.48. The van der Waals surface area contributed by atoms with Crippen molar-refractivity contribution in [3.63, 3.8) is 0 Å². The number of hydrogen-bond acceptors (Lipinski definition) is 4. The first kappa shape index (κ1) is 18.1. The first-order chi connectivity index (χ1) is 13.6. The highest BCUT2D eigenvalue weighted by Crippen LogP contribution is 2.39. The van der Waals surface area contributed by atoms with Crippen LogP contribution in [0.4, 0.5) is 5.69 Å². The van der Waals surface area contributed by atoms with Gasteiger partial charge in [0.05, 0.1) is 17.6 Å². The number of hydrogen-bond donors (Lipinski definition) is 1. The molecule has 0 saturated carbocycles. The zero-order chi connectivity index (χ0) is 19.5. The number of halogens is 1. The number of aromatic nitrogens is 2. The Morgan fingerprint density at radius 2 is 1.82 bits per heavy atom. The number of fused-ring (bicyclic) bond motifs is 1. The zero-order valence-electron chi connectivity index (χ0n) is 14.7. The lowest BCUT2D eigenvalue weighted by Crippen LogP contribution is -1.98. The monoisotopic (exact) mass is 434 g/mol. The van der Waals surface area contributed by atoms with Crippen LogP contribution in [0.1, 0.15) is 15.9 Å². The van der Waals surface area contributed by atoms with Crippen LogP contribution in [-0.4, -0.2) is 20.6 Å². The lowest BCUT2D eigenvalue weighted by molar-refractivity contribution is 0.0994. The zero-order valence-corrected chi connectivity index (χ0v) is 16.2. The van der Waals surface area contributed by atoms with E-state index >= 15 is 0 Å². The number of para-hydroxylation sites is 1. The number of nitrogens with zero attached hydrogens (tertiary/aromatic N) is 4. The van der Waals surface area contributed by atoms with Crippen molar-refractivity contribution >= 4 is 38.4 Å². The maximum atomic E-state index is 12.3. The molecule has 2 aromatic carbocycles. The van der Waals surface area contributed by atoms with Crippen LogP contribution in [-0.2, 0) is 6.54 Å². The fourth-order valence-corrected chi connectivity index (χ4v) is 3.34. The van der Waals surface area contributed by atoms with E-state index in [1.165, 1.54) is 6.20 Å². The van der Waals surface area contributed by atoms with Gasteiger partial charge in [0, 0.05) is 22.3 Å². The van der Waals surface area contributed by atoms with Crippen molar-refractivity contribution in [2.24, 2.45) is 10.2 Å². The van der Waals surface area contributed by atoms with Crippen molar-refractivity contribution in [1.29, 1.82) is 0 Å². The van der Waals surface area contributed by atoms with Gasteiger partial charge in [-0.05, 0) is 33.6 Å². The minimum absolute atomic E-state index is 0.0334. The topological polar surface area (TPSA) is 79.8 Å². The molecule has 6 nitrogen and oxygen atoms in total. The fraction of sp³-hybridized carbons (Fsp3) is 0.0476. The molecule has 138 valence electrons. The summed E-state index contributed by atoms with van der Waals surface area (Å²) in [5.41, 5.74) is 2.43. The molecule has 0 fully saturated rings. The van der Waals surface area contributed by atoms with Crippen molar-refractivity contribution in [1.82, 2.24) is 9.55 Å². The molecule has 4 aromatic rings. The molecule has 7 heteroatoms.